The van der Waals surface area contributed by atoms with Crippen molar-refractivity contribution in [3.05, 3.63) is 34.1 Å². The van der Waals surface area contributed by atoms with E-state index in [2.05, 4.69) is 26.1 Å². The van der Waals surface area contributed by atoms with Gasteiger partial charge in [0, 0.05) is 15.9 Å². The Hall–Kier alpha value is -1.42. The van der Waals surface area contributed by atoms with Gasteiger partial charge in [-0.3, -0.25) is 0 Å². The molecule has 0 saturated carbocycles. The van der Waals surface area contributed by atoms with E-state index in [-0.39, 0.29) is 5.16 Å². The van der Waals surface area contributed by atoms with Crippen molar-refractivity contribution >= 4 is 33.4 Å². The highest BCUT2D eigenvalue weighted by molar-refractivity contribution is 9.10. The Morgan fingerprint density at radius 3 is 2.55 bits per heavy atom. The van der Waals surface area contributed by atoms with E-state index in [4.69, 9.17) is 11.6 Å². The van der Waals surface area contributed by atoms with E-state index in [1.54, 1.807) is 18.2 Å². The Morgan fingerprint density at radius 2 is 2.00 bits per heavy atom. The number of nitrogens with zero attached hydrogens (tertiary/aromatic N) is 3. The predicted molar refractivity (Wildman–Crippen MR) is 73.3 cm³/mol. The molecule has 108 valence electrons. The van der Waals surface area contributed by atoms with E-state index < -0.39 is 12.0 Å². The molecule has 0 spiro atoms. The quantitative estimate of drug-likeness (QED) is 0.495. The van der Waals surface area contributed by atoms with Gasteiger partial charge in [-0.05, 0) is 17.7 Å². The fraction of sp³-hybridized carbons (Fsp3) is 0.200. The molecule has 2 rings (SSSR count). The number of anilines is 1. The van der Waals surface area contributed by atoms with Gasteiger partial charge in [0.05, 0.1) is 0 Å². The molecular formula is C10H9BrF3N5S. The fourth-order valence-electron chi connectivity index (χ4n) is 1.39. The minimum atomic E-state index is -4.62. The third-order valence-electron chi connectivity index (χ3n) is 2.35. The molecule has 0 amide bonds. The van der Waals surface area contributed by atoms with E-state index in [1.807, 2.05) is 0 Å². The lowest BCUT2D eigenvalue weighted by molar-refractivity contribution is -0.146. The average molecular weight is 368 g/mol. The fourth-order valence-corrected chi connectivity index (χ4v) is 2.97. The number of nitrogens with two attached hydrogens (primary N) is 2. The summed E-state index contributed by atoms with van der Waals surface area (Å²) in [5, 5.41) is 6.47. The maximum absolute atomic E-state index is 12.5. The van der Waals surface area contributed by atoms with Gasteiger partial charge in [-0.25, -0.2) is 4.68 Å². The monoisotopic (exact) mass is 367 g/mol. The summed E-state index contributed by atoms with van der Waals surface area (Å²) in [5.74, 6) is 4.49. The van der Waals surface area contributed by atoms with Gasteiger partial charge in [0.1, 0.15) is 0 Å². The van der Waals surface area contributed by atoms with Gasteiger partial charge in [-0.15, -0.1) is 10.2 Å². The smallest absolute Gasteiger partial charge is 0.399 e. The van der Waals surface area contributed by atoms with E-state index in [0.29, 0.717) is 16.1 Å². The highest BCUT2D eigenvalue weighted by Crippen LogP contribution is 2.31. The third kappa shape index (κ3) is 3.18. The summed E-state index contributed by atoms with van der Waals surface area (Å²) in [6.45, 7) is 0. The van der Waals surface area contributed by atoms with Crippen molar-refractivity contribution in [3.63, 3.8) is 0 Å². The summed E-state index contributed by atoms with van der Waals surface area (Å²) in [7, 11) is 0. The van der Waals surface area contributed by atoms with Crippen molar-refractivity contribution in [2.75, 3.05) is 11.6 Å². The highest BCUT2D eigenvalue weighted by atomic mass is 79.9. The third-order valence-corrected chi connectivity index (χ3v) is 4.08. The first-order chi connectivity index (χ1) is 9.29. The van der Waals surface area contributed by atoms with Gasteiger partial charge in [0.2, 0.25) is 5.16 Å². The zero-order valence-electron chi connectivity index (χ0n) is 9.86. The van der Waals surface area contributed by atoms with Crippen LogP contribution in [0.1, 0.15) is 11.4 Å². The van der Waals surface area contributed by atoms with Crippen LogP contribution in [-0.4, -0.2) is 14.9 Å². The highest BCUT2D eigenvalue weighted by Gasteiger charge is 2.38. The van der Waals surface area contributed by atoms with Gasteiger partial charge in [-0.2, -0.15) is 13.2 Å². The van der Waals surface area contributed by atoms with Crippen LogP contribution < -0.4 is 11.6 Å². The molecule has 0 aliphatic carbocycles. The minimum absolute atomic E-state index is 0.0129. The lowest BCUT2D eigenvalue weighted by Gasteiger charge is -2.07. The van der Waals surface area contributed by atoms with Crippen LogP contribution in [0, 0.1) is 0 Å². The number of halogens is 4. The molecule has 1 aromatic carbocycles. The normalized spacial score (nSPS) is 11.8. The summed E-state index contributed by atoms with van der Waals surface area (Å²) >= 11 is 4.38. The topological polar surface area (TPSA) is 82.8 Å². The first-order valence-electron chi connectivity index (χ1n) is 5.23. The van der Waals surface area contributed by atoms with Crippen molar-refractivity contribution in [2.45, 2.75) is 17.1 Å². The molecule has 1 aromatic heterocycles. The Morgan fingerprint density at radius 1 is 1.30 bits per heavy atom. The summed E-state index contributed by atoms with van der Waals surface area (Å²) < 4.78 is 38.7. The van der Waals surface area contributed by atoms with Gasteiger partial charge >= 0.3 is 6.18 Å². The molecule has 0 atom stereocenters. The maximum Gasteiger partial charge on any atom is 0.453 e. The first-order valence-corrected chi connectivity index (χ1v) is 7.01. The summed E-state index contributed by atoms with van der Waals surface area (Å²) in [6, 6.07) is 5.19. The summed E-state index contributed by atoms with van der Waals surface area (Å²) in [6.07, 6.45) is -4.62. The first kappa shape index (κ1) is 15.0. The van der Waals surface area contributed by atoms with Gasteiger partial charge < -0.3 is 11.6 Å². The molecule has 20 heavy (non-hydrogen) atoms. The van der Waals surface area contributed by atoms with Crippen LogP contribution in [0.25, 0.3) is 0 Å². The van der Waals surface area contributed by atoms with E-state index in [9.17, 15) is 13.2 Å². The van der Waals surface area contributed by atoms with Gasteiger partial charge in [0.25, 0.3) is 5.82 Å². The predicted octanol–water partition coefficient (Wildman–Crippen LogP) is 2.65. The zero-order chi connectivity index (χ0) is 14.9. The minimum Gasteiger partial charge on any atom is -0.399 e. The molecular weight excluding hydrogens is 359 g/mol. The number of nitrogen functional groups attached to an aromatic ring is 2. The van der Waals surface area contributed by atoms with Crippen LogP contribution in [-0.2, 0) is 11.9 Å². The van der Waals surface area contributed by atoms with Crippen LogP contribution in [0.5, 0.6) is 0 Å². The van der Waals surface area contributed by atoms with Crippen molar-refractivity contribution < 1.29 is 13.2 Å². The molecule has 0 fully saturated rings. The lowest BCUT2D eigenvalue weighted by Crippen LogP contribution is -2.21. The summed E-state index contributed by atoms with van der Waals surface area (Å²) in [4.78, 5) is 0. The van der Waals surface area contributed by atoms with Crippen LogP contribution in [0.3, 0.4) is 0 Å². The van der Waals surface area contributed by atoms with Crippen LogP contribution in [0.15, 0.2) is 27.8 Å². The molecule has 0 unspecified atom stereocenters. The maximum atomic E-state index is 12.5. The number of aromatic nitrogens is 3. The number of thioether (sulfide) groups is 1. The molecule has 1 heterocycles. The molecule has 5 nitrogen and oxygen atoms in total. The van der Waals surface area contributed by atoms with Gasteiger partial charge in [0.15, 0.2) is 0 Å². The second kappa shape index (κ2) is 5.52. The lowest BCUT2D eigenvalue weighted by atomic mass is 10.2. The van der Waals surface area contributed by atoms with Crippen molar-refractivity contribution in [1.29, 1.82) is 0 Å². The molecule has 0 radical (unpaired) electrons. The molecule has 4 N–H and O–H groups in total. The number of alkyl halides is 3. The zero-order valence-corrected chi connectivity index (χ0v) is 12.3. The van der Waals surface area contributed by atoms with Crippen molar-refractivity contribution in [1.82, 2.24) is 14.9 Å². The number of hydrogen-bond acceptors (Lipinski definition) is 5. The molecule has 0 aliphatic heterocycles. The average Bonchev–Trinajstić information content (AvgIpc) is 2.69. The SMILES string of the molecule is Nc1ccc(CSc2nnc(C(F)(F)F)n2N)c(Br)c1. The van der Waals surface area contributed by atoms with Crippen molar-refractivity contribution in [2.24, 2.45) is 0 Å². The van der Waals surface area contributed by atoms with E-state index in [0.717, 1.165) is 21.8 Å². The second-order valence-electron chi connectivity index (χ2n) is 3.81. The molecule has 0 aliphatic rings. The van der Waals surface area contributed by atoms with Crippen LogP contribution >= 0.6 is 27.7 Å². The number of benzene rings is 1. The van der Waals surface area contributed by atoms with Crippen LogP contribution in [0.2, 0.25) is 0 Å². The molecule has 0 bridgehead atoms. The largest absolute Gasteiger partial charge is 0.453 e. The summed E-state index contributed by atoms with van der Waals surface area (Å²) in [5.41, 5.74) is 7.05. The Kier molecular flexibility index (Phi) is 4.14. The van der Waals surface area contributed by atoms with Crippen LogP contribution in [0.4, 0.5) is 18.9 Å². The van der Waals surface area contributed by atoms with Gasteiger partial charge in [-0.1, -0.05) is 33.8 Å². The number of hydrogen-bond donors (Lipinski definition) is 2. The molecule has 2 aromatic rings. The second-order valence-corrected chi connectivity index (χ2v) is 5.61. The van der Waals surface area contributed by atoms with Crippen molar-refractivity contribution in [3.8, 4) is 0 Å². The Balaban J connectivity index is 2.14. The standard InChI is InChI=1S/C10H9BrF3N5S/c11-7-3-6(15)2-1-5(7)4-20-9-18-17-8(19(9)16)10(12,13)14/h1-3H,4,15-16H2. The van der Waals surface area contributed by atoms with E-state index >= 15 is 0 Å². The Bertz CT molecular complexity index is 628. The van der Waals surface area contributed by atoms with E-state index in [1.165, 1.54) is 0 Å². The Labute approximate surface area is 124 Å². The molecule has 10 heteroatoms. The number of rotatable bonds is 3. The molecule has 0 saturated heterocycles.